The SMILES string of the molecule is Cc1ncc(N)c(CCN2CCOCC2)n1. The summed E-state index contributed by atoms with van der Waals surface area (Å²) in [6, 6.07) is 0. The molecule has 2 N–H and O–H groups in total. The van der Waals surface area contributed by atoms with Gasteiger partial charge in [-0.2, -0.15) is 0 Å². The van der Waals surface area contributed by atoms with E-state index >= 15 is 0 Å². The van der Waals surface area contributed by atoms with Gasteiger partial charge in [-0.05, 0) is 6.92 Å². The summed E-state index contributed by atoms with van der Waals surface area (Å²) in [5, 5.41) is 0. The van der Waals surface area contributed by atoms with Gasteiger partial charge in [0.2, 0.25) is 0 Å². The molecule has 16 heavy (non-hydrogen) atoms. The third kappa shape index (κ3) is 2.90. The summed E-state index contributed by atoms with van der Waals surface area (Å²) < 4.78 is 5.30. The standard InChI is InChI=1S/C11H18N4O/c1-9-13-8-10(12)11(14-9)2-3-15-4-6-16-7-5-15/h8H,2-7,12H2,1H3. The lowest BCUT2D eigenvalue weighted by molar-refractivity contribution is 0.0383. The monoisotopic (exact) mass is 222 g/mol. The fourth-order valence-electron chi connectivity index (χ4n) is 1.82. The van der Waals surface area contributed by atoms with Crippen molar-refractivity contribution in [1.82, 2.24) is 14.9 Å². The number of nitrogens with zero attached hydrogens (tertiary/aromatic N) is 3. The highest BCUT2D eigenvalue weighted by molar-refractivity contribution is 5.40. The van der Waals surface area contributed by atoms with Gasteiger partial charge >= 0.3 is 0 Å². The van der Waals surface area contributed by atoms with Crippen molar-refractivity contribution in [3.05, 3.63) is 17.7 Å². The van der Waals surface area contributed by atoms with Crippen LogP contribution in [0.1, 0.15) is 11.5 Å². The van der Waals surface area contributed by atoms with Crippen molar-refractivity contribution in [3.63, 3.8) is 0 Å². The van der Waals surface area contributed by atoms with Crippen molar-refractivity contribution >= 4 is 5.69 Å². The van der Waals surface area contributed by atoms with E-state index in [1.807, 2.05) is 6.92 Å². The van der Waals surface area contributed by atoms with Gasteiger partial charge in [-0.1, -0.05) is 0 Å². The summed E-state index contributed by atoms with van der Waals surface area (Å²) in [6.07, 6.45) is 2.58. The molecule has 0 amide bonds. The Labute approximate surface area is 95.6 Å². The molecule has 0 atom stereocenters. The molecule has 1 aliphatic rings. The highest BCUT2D eigenvalue weighted by Crippen LogP contribution is 2.09. The maximum Gasteiger partial charge on any atom is 0.125 e. The van der Waals surface area contributed by atoms with Gasteiger partial charge in [-0.15, -0.1) is 0 Å². The number of hydrogen-bond donors (Lipinski definition) is 1. The van der Waals surface area contributed by atoms with Crippen LogP contribution in [0.3, 0.4) is 0 Å². The first-order valence-electron chi connectivity index (χ1n) is 5.64. The van der Waals surface area contributed by atoms with Gasteiger partial charge in [0.15, 0.2) is 0 Å². The molecule has 1 saturated heterocycles. The molecular weight excluding hydrogens is 204 g/mol. The zero-order chi connectivity index (χ0) is 11.4. The van der Waals surface area contributed by atoms with Crippen LogP contribution in [0.2, 0.25) is 0 Å². The van der Waals surface area contributed by atoms with E-state index < -0.39 is 0 Å². The molecule has 1 fully saturated rings. The van der Waals surface area contributed by atoms with Crippen molar-refractivity contribution in [1.29, 1.82) is 0 Å². The van der Waals surface area contributed by atoms with E-state index in [0.717, 1.165) is 50.8 Å². The number of rotatable bonds is 3. The first-order valence-corrected chi connectivity index (χ1v) is 5.64. The van der Waals surface area contributed by atoms with Crippen LogP contribution in [0.5, 0.6) is 0 Å². The number of anilines is 1. The molecule has 88 valence electrons. The number of aromatic nitrogens is 2. The second-order valence-corrected chi connectivity index (χ2v) is 4.02. The van der Waals surface area contributed by atoms with Crippen molar-refractivity contribution in [3.8, 4) is 0 Å². The molecule has 0 bridgehead atoms. The fraction of sp³-hybridized carbons (Fsp3) is 0.636. The second-order valence-electron chi connectivity index (χ2n) is 4.02. The fourth-order valence-corrected chi connectivity index (χ4v) is 1.82. The molecule has 0 unspecified atom stereocenters. The van der Waals surface area contributed by atoms with E-state index in [1.165, 1.54) is 0 Å². The average molecular weight is 222 g/mol. The molecule has 0 aliphatic carbocycles. The van der Waals surface area contributed by atoms with Crippen molar-refractivity contribution < 1.29 is 4.74 Å². The third-order valence-electron chi connectivity index (χ3n) is 2.79. The largest absolute Gasteiger partial charge is 0.396 e. The van der Waals surface area contributed by atoms with Crippen LogP contribution in [-0.4, -0.2) is 47.7 Å². The summed E-state index contributed by atoms with van der Waals surface area (Å²) in [5.74, 6) is 0.783. The molecule has 2 rings (SSSR count). The summed E-state index contributed by atoms with van der Waals surface area (Å²) in [4.78, 5) is 10.8. The van der Waals surface area contributed by atoms with Crippen molar-refractivity contribution in [2.45, 2.75) is 13.3 Å². The van der Waals surface area contributed by atoms with E-state index in [0.29, 0.717) is 5.69 Å². The predicted octanol–water partition coefficient (Wildman–Crippen LogP) is 0.242. The van der Waals surface area contributed by atoms with E-state index in [-0.39, 0.29) is 0 Å². The Bertz CT molecular complexity index is 350. The van der Waals surface area contributed by atoms with Gasteiger partial charge in [0.25, 0.3) is 0 Å². The summed E-state index contributed by atoms with van der Waals surface area (Å²) in [5.41, 5.74) is 7.49. The highest BCUT2D eigenvalue weighted by atomic mass is 16.5. The topological polar surface area (TPSA) is 64.3 Å². The lowest BCUT2D eigenvalue weighted by Crippen LogP contribution is -2.37. The number of ether oxygens (including phenoxy) is 1. The Morgan fingerprint density at radius 3 is 2.94 bits per heavy atom. The number of hydrogen-bond acceptors (Lipinski definition) is 5. The van der Waals surface area contributed by atoms with Crippen LogP contribution in [0.25, 0.3) is 0 Å². The van der Waals surface area contributed by atoms with Gasteiger partial charge in [0.1, 0.15) is 5.82 Å². The van der Waals surface area contributed by atoms with Crippen LogP contribution < -0.4 is 5.73 Å². The lowest BCUT2D eigenvalue weighted by atomic mass is 10.2. The molecule has 0 radical (unpaired) electrons. The van der Waals surface area contributed by atoms with Gasteiger partial charge in [-0.25, -0.2) is 9.97 Å². The molecule has 2 heterocycles. The maximum absolute atomic E-state index is 5.84. The molecule has 5 heteroatoms. The Morgan fingerprint density at radius 1 is 1.44 bits per heavy atom. The molecule has 1 aromatic rings. The Balaban J connectivity index is 1.90. The molecule has 1 aromatic heterocycles. The minimum absolute atomic E-state index is 0.693. The van der Waals surface area contributed by atoms with Crippen LogP contribution in [0.15, 0.2) is 6.20 Å². The van der Waals surface area contributed by atoms with Crippen LogP contribution in [0, 0.1) is 6.92 Å². The molecule has 0 spiro atoms. The number of nitrogen functional groups attached to an aromatic ring is 1. The first-order chi connectivity index (χ1) is 7.75. The number of nitrogens with two attached hydrogens (primary N) is 1. The molecule has 0 saturated carbocycles. The Morgan fingerprint density at radius 2 is 2.19 bits per heavy atom. The molecule has 0 aromatic carbocycles. The number of aryl methyl sites for hydroxylation is 1. The quantitative estimate of drug-likeness (QED) is 0.793. The first kappa shape index (κ1) is 11.3. The van der Waals surface area contributed by atoms with E-state index in [1.54, 1.807) is 6.20 Å². The second kappa shape index (κ2) is 5.23. The summed E-state index contributed by atoms with van der Waals surface area (Å²) in [6.45, 7) is 6.55. The molecule has 1 aliphatic heterocycles. The lowest BCUT2D eigenvalue weighted by Gasteiger charge is -2.26. The predicted molar refractivity (Wildman–Crippen MR) is 62.1 cm³/mol. The maximum atomic E-state index is 5.84. The zero-order valence-corrected chi connectivity index (χ0v) is 9.65. The van der Waals surface area contributed by atoms with E-state index in [9.17, 15) is 0 Å². The average Bonchev–Trinajstić information content (AvgIpc) is 2.32. The van der Waals surface area contributed by atoms with Crippen LogP contribution in [0.4, 0.5) is 5.69 Å². The van der Waals surface area contributed by atoms with E-state index in [4.69, 9.17) is 10.5 Å². The molecule has 5 nitrogen and oxygen atoms in total. The van der Waals surface area contributed by atoms with Crippen LogP contribution in [-0.2, 0) is 11.2 Å². The highest BCUT2D eigenvalue weighted by Gasteiger charge is 2.11. The Kier molecular flexibility index (Phi) is 3.69. The Hall–Kier alpha value is -1.20. The number of morpholine rings is 1. The third-order valence-corrected chi connectivity index (χ3v) is 2.79. The summed E-state index contributed by atoms with van der Waals surface area (Å²) in [7, 11) is 0. The summed E-state index contributed by atoms with van der Waals surface area (Å²) >= 11 is 0. The minimum Gasteiger partial charge on any atom is -0.396 e. The molecular formula is C11H18N4O. The van der Waals surface area contributed by atoms with E-state index in [2.05, 4.69) is 14.9 Å². The minimum atomic E-state index is 0.693. The van der Waals surface area contributed by atoms with Gasteiger partial charge in [0.05, 0.1) is 30.8 Å². The van der Waals surface area contributed by atoms with Gasteiger partial charge in [-0.3, -0.25) is 4.90 Å². The van der Waals surface area contributed by atoms with Gasteiger partial charge < -0.3 is 10.5 Å². The normalized spacial score (nSPS) is 17.6. The van der Waals surface area contributed by atoms with Crippen molar-refractivity contribution in [2.24, 2.45) is 0 Å². The van der Waals surface area contributed by atoms with Gasteiger partial charge in [0, 0.05) is 26.1 Å². The van der Waals surface area contributed by atoms with Crippen molar-refractivity contribution in [2.75, 3.05) is 38.6 Å². The zero-order valence-electron chi connectivity index (χ0n) is 9.65. The van der Waals surface area contributed by atoms with Crippen LogP contribution >= 0.6 is 0 Å². The smallest absolute Gasteiger partial charge is 0.125 e.